The number of hydrogen-bond acceptors (Lipinski definition) is 4. The van der Waals surface area contributed by atoms with Gasteiger partial charge < -0.3 is 9.47 Å². The van der Waals surface area contributed by atoms with Crippen LogP contribution in [0.3, 0.4) is 0 Å². The molecule has 0 saturated carbocycles. The van der Waals surface area contributed by atoms with E-state index in [0.29, 0.717) is 12.2 Å². The van der Waals surface area contributed by atoms with Gasteiger partial charge in [0.15, 0.2) is 0 Å². The molecule has 0 amide bonds. The van der Waals surface area contributed by atoms with Crippen LogP contribution in [0, 0.1) is 0 Å². The van der Waals surface area contributed by atoms with E-state index in [9.17, 15) is 9.59 Å². The first-order valence-corrected chi connectivity index (χ1v) is 7.92. The molecule has 2 aromatic rings. The van der Waals surface area contributed by atoms with Gasteiger partial charge in [-0.1, -0.05) is 60.7 Å². The molecular weight excluding hydrogens is 304 g/mol. The van der Waals surface area contributed by atoms with E-state index in [2.05, 4.69) is 0 Å². The number of carbonyl (C=O) groups excluding carboxylic acids is 2. The second-order valence-corrected chi connectivity index (χ2v) is 5.42. The Morgan fingerprint density at radius 3 is 2.17 bits per heavy atom. The van der Waals surface area contributed by atoms with E-state index in [0.717, 1.165) is 16.7 Å². The Bertz CT molecular complexity index is 763. The number of cyclic esters (lactones) is 1. The van der Waals surface area contributed by atoms with Crippen molar-refractivity contribution in [3.8, 4) is 0 Å². The van der Waals surface area contributed by atoms with Crippen LogP contribution in [0.5, 0.6) is 0 Å². The summed E-state index contributed by atoms with van der Waals surface area (Å²) in [7, 11) is 0. The van der Waals surface area contributed by atoms with Gasteiger partial charge in [-0.25, -0.2) is 4.79 Å². The zero-order valence-corrected chi connectivity index (χ0v) is 13.4. The molecule has 0 spiro atoms. The van der Waals surface area contributed by atoms with Gasteiger partial charge in [0.05, 0.1) is 18.6 Å². The summed E-state index contributed by atoms with van der Waals surface area (Å²) in [5.41, 5.74) is 2.90. The van der Waals surface area contributed by atoms with E-state index in [1.807, 2.05) is 60.7 Å². The van der Waals surface area contributed by atoms with Crippen molar-refractivity contribution < 1.29 is 19.1 Å². The first-order chi connectivity index (χ1) is 11.7. The first-order valence-electron chi connectivity index (χ1n) is 7.92. The molecule has 2 aromatic carbocycles. The summed E-state index contributed by atoms with van der Waals surface area (Å²) in [6.07, 6.45) is -0.616. The number of esters is 2. The van der Waals surface area contributed by atoms with Gasteiger partial charge in [-0.3, -0.25) is 4.79 Å². The van der Waals surface area contributed by atoms with Gasteiger partial charge in [-0.05, 0) is 18.1 Å². The minimum absolute atomic E-state index is 0.0140. The zero-order chi connectivity index (χ0) is 16.9. The number of ether oxygens (including phenoxy) is 2. The third-order valence-electron chi connectivity index (χ3n) is 3.85. The molecule has 0 N–H and O–H groups in total. The quantitative estimate of drug-likeness (QED) is 0.791. The highest BCUT2D eigenvalue weighted by molar-refractivity contribution is 6.28. The van der Waals surface area contributed by atoms with Crippen LogP contribution in [0.4, 0.5) is 0 Å². The van der Waals surface area contributed by atoms with Crippen LogP contribution in [-0.4, -0.2) is 24.6 Å². The predicted molar refractivity (Wildman–Crippen MR) is 90.8 cm³/mol. The second-order valence-electron chi connectivity index (χ2n) is 5.42. The minimum atomic E-state index is -0.630. The van der Waals surface area contributed by atoms with Crippen LogP contribution in [0.2, 0.25) is 0 Å². The molecular formula is C20H18O4. The lowest BCUT2D eigenvalue weighted by molar-refractivity contribution is -0.147. The van der Waals surface area contributed by atoms with Gasteiger partial charge in [-0.15, -0.1) is 0 Å². The lowest BCUT2D eigenvalue weighted by Gasteiger charge is -2.14. The molecule has 0 fully saturated rings. The molecule has 1 unspecified atom stereocenters. The highest BCUT2D eigenvalue weighted by Crippen LogP contribution is 2.38. The zero-order valence-electron chi connectivity index (χ0n) is 13.4. The normalized spacial score (nSPS) is 16.9. The summed E-state index contributed by atoms with van der Waals surface area (Å²) in [5.74, 6) is -0.785. The fourth-order valence-corrected chi connectivity index (χ4v) is 2.86. The van der Waals surface area contributed by atoms with Crippen molar-refractivity contribution >= 4 is 23.1 Å². The van der Waals surface area contributed by atoms with Gasteiger partial charge in [-0.2, -0.15) is 0 Å². The van der Waals surface area contributed by atoms with E-state index < -0.39 is 12.1 Å². The van der Waals surface area contributed by atoms with Crippen LogP contribution in [0.15, 0.2) is 60.7 Å². The molecule has 1 aliphatic heterocycles. The van der Waals surface area contributed by atoms with Crippen LogP contribution in [0.1, 0.15) is 24.5 Å². The maximum atomic E-state index is 12.5. The standard InChI is InChI=1S/C20H18O4/c1-2-23-17(21)13-16-18(14-9-5-3-6-10-14)19(20(22)24-16)15-11-7-4-8-12-15/h3-12,16H,2,13H2,1H3. The molecule has 0 bridgehead atoms. The average molecular weight is 322 g/mol. The second kappa shape index (κ2) is 7.13. The van der Waals surface area contributed by atoms with Crippen molar-refractivity contribution in [2.45, 2.75) is 19.4 Å². The van der Waals surface area contributed by atoms with Gasteiger partial charge >= 0.3 is 11.9 Å². The summed E-state index contributed by atoms with van der Waals surface area (Å²) >= 11 is 0. The molecule has 1 heterocycles. The summed E-state index contributed by atoms with van der Waals surface area (Å²) in [6, 6.07) is 18.9. The van der Waals surface area contributed by atoms with E-state index in [4.69, 9.17) is 9.47 Å². The highest BCUT2D eigenvalue weighted by Gasteiger charge is 2.37. The fraction of sp³-hybridized carbons (Fsp3) is 0.200. The average Bonchev–Trinajstić information content (AvgIpc) is 2.92. The van der Waals surface area contributed by atoms with E-state index in [1.54, 1.807) is 6.92 Å². The molecule has 1 atom stereocenters. The highest BCUT2D eigenvalue weighted by atomic mass is 16.6. The summed E-state index contributed by atoms with van der Waals surface area (Å²) < 4.78 is 10.5. The van der Waals surface area contributed by atoms with Crippen molar-refractivity contribution in [2.75, 3.05) is 6.61 Å². The molecule has 4 nitrogen and oxygen atoms in total. The lowest BCUT2D eigenvalue weighted by atomic mass is 9.92. The van der Waals surface area contributed by atoms with Crippen molar-refractivity contribution in [1.82, 2.24) is 0 Å². The summed E-state index contributed by atoms with van der Waals surface area (Å²) in [4.78, 5) is 24.4. The number of benzene rings is 2. The minimum Gasteiger partial charge on any atom is -0.466 e. The Labute approximate surface area is 140 Å². The van der Waals surface area contributed by atoms with Gasteiger partial charge in [0.25, 0.3) is 0 Å². The number of rotatable bonds is 5. The van der Waals surface area contributed by atoms with Crippen molar-refractivity contribution in [1.29, 1.82) is 0 Å². The van der Waals surface area contributed by atoms with Crippen molar-refractivity contribution in [3.63, 3.8) is 0 Å². The third kappa shape index (κ3) is 3.23. The largest absolute Gasteiger partial charge is 0.466 e. The van der Waals surface area contributed by atoms with Crippen LogP contribution < -0.4 is 0 Å². The number of hydrogen-bond donors (Lipinski definition) is 0. The van der Waals surface area contributed by atoms with Gasteiger partial charge in [0.1, 0.15) is 6.10 Å². The summed E-state index contributed by atoms with van der Waals surface area (Å²) in [5, 5.41) is 0. The SMILES string of the molecule is CCOC(=O)CC1OC(=O)C(c2ccccc2)=C1c1ccccc1. The smallest absolute Gasteiger partial charge is 0.339 e. The molecule has 0 aromatic heterocycles. The summed E-state index contributed by atoms with van der Waals surface area (Å²) in [6.45, 7) is 2.05. The molecule has 122 valence electrons. The number of carbonyl (C=O) groups is 2. The topological polar surface area (TPSA) is 52.6 Å². The van der Waals surface area contributed by atoms with E-state index in [1.165, 1.54) is 0 Å². The molecule has 0 aliphatic carbocycles. The molecule has 4 heteroatoms. The van der Waals surface area contributed by atoms with Crippen LogP contribution >= 0.6 is 0 Å². The fourth-order valence-electron chi connectivity index (χ4n) is 2.86. The van der Waals surface area contributed by atoms with Gasteiger partial charge in [0, 0.05) is 5.57 Å². The van der Waals surface area contributed by atoms with Crippen molar-refractivity contribution in [2.24, 2.45) is 0 Å². The first kappa shape index (κ1) is 16.0. The Kier molecular flexibility index (Phi) is 4.75. The molecule has 3 rings (SSSR count). The predicted octanol–water partition coefficient (Wildman–Crippen LogP) is 3.48. The van der Waals surface area contributed by atoms with Crippen LogP contribution in [0.25, 0.3) is 11.1 Å². The van der Waals surface area contributed by atoms with Crippen LogP contribution in [-0.2, 0) is 19.1 Å². The third-order valence-corrected chi connectivity index (χ3v) is 3.85. The molecule has 0 radical (unpaired) electrons. The lowest BCUT2D eigenvalue weighted by Crippen LogP contribution is -2.18. The Morgan fingerprint density at radius 2 is 1.58 bits per heavy atom. The van der Waals surface area contributed by atoms with Gasteiger partial charge in [0.2, 0.25) is 0 Å². The van der Waals surface area contributed by atoms with E-state index >= 15 is 0 Å². The molecule has 24 heavy (non-hydrogen) atoms. The monoisotopic (exact) mass is 322 g/mol. The molecule has 1 aliphatic rings. The Morgan fingerprint density at radius 1 is 1.00 bits per heavy atom. The van der Waals surface area contributed by atoms with E-state index in [-0.39, 0.29) is 12.4 Å². The maximum Gasteiger partial charge on any atom is 0.339 e. The Hall–Kier alpha value is -2.88. The maximum absolute atomic E-state index is 12.5. The molecule has 0 saturated heterocycles. The van der Waals surface area contributed by atoms with Crippen molar-refractivity contribution in [3.05, 3.63) is 71.8 Å². The Balaban J connectivity index is 2.07.